The molecule has 0 amide bonds. The van der Waals surface area contributed by atoms with Gasteiger partial charge in [0, 0.05) is 30.2 Å². The van der Waals surface area contributed by atoms with E-state index in [9.17, 15) is 5.11 Å². The molecule has 142 valence electrons. The Morgan fingerprint density at radius 1 is 1.07 bits per heavy atom. The van der Waals surface area contributed by atoms with Crippen LogP contribution in [0.25, 0.3) is 10.9 Å². The van der Waals surface area contributed by atoms with Gasteiger partial charge in [-0.25, -0.2) is 4.99 Å². The van der Waals surface area contributed by atoms with Crippen molar-refractivity contribution < 1.29 is 5.11 Å². The fourth-order valence-corrected chi connectivity index (χ4v) is 3.26. The second kappa shape index (κ2) is 9.12. The number of aromatic nitrogens is 1. The third kappa shape index (κ3) is 4.82. The number of H-pyrrole nitrogens is 1. The average Bonchev–Trinajstić information content (AvgIpc) is 3.09. The lowest BCUT2D eigenvalue weighted by molar-refractivity contribution is 0.474. The third-order valence-corrected chi connectivity index (χ3v) is 4.63. The molecule has 0 unspecified atom stereocenters. The van der Waals surface area contributed by atoms with E-state index in [4.69, 9.17) is 0 Å². The summed E-state index contributed by atoms with van der Waals surface area (Å²) in [5.74, 6) is 1.06. The van der Waals surface area contributed by atoms with Crippen LogP contribution in [0, 0.1) is 0 Å². The van der Waals surface area contributed by atoms with Crippen molar-refractivity contribution in [1.29, 1.82) is 0 Å². The Hall–Kier alpha value is -2.95. The number of aryl methyl sites for hydroxylation is 1. The highest BCUT2D eigenvalue weighted by molar-refractivity contribution is 5.86. The Balaban J connectivity index is 1.62. The first-order valence-electron chi connectivity index (χ1n) is 9.59. The van der Waals surface area contributed by atoms with E-state index in [2.05, 4.69) is 58.9 Å². The van der Waals surface area contributed by atoms with Gasteiger partial charge in [-0.1, -0.05) is 37.3 Å². The molecule has 0 atom stereocenters. The molecule has 2 aromatic carbocycles. The van der Waals surface area contributed by atoms with Crippen LogP contribution >= 0.6 is 0 Å². The minimum absolute atomic E-state index is 0.270. The quantitative estimate of drug-likeness (QED) is 0.381. The highest BCUT2D eigenvalue weighted by Gasteiger charge is 2.07. The van der Waals surface area contributed by atoms with Crippen LogP contribution in [-0.4, -0.2) is 29.1 Å². The minimum Gasteiger partial charge on any atom is -0.508 e. The molecule has 5 nitrogen and oxygen atoms in total. The number of aromatic hydroxyl groups is 1. The smallest absolute Gasteiger partial charge is 0.191 e. The van der Waals surface area contributed by atoms with Crippen LogP contribution in [0.15, 0.2) is 53.7 Å². The van der Waals surface area contributed by atoms with Gasteiger partial charge in [-0.15, -0.1) is 0 Å². The van der Waals surface area contributed by atoms with Crippen molar-refractivity contribution in [2.75, 3.05) is 13.1 Å². The maximum Gasteiger partial charge on any atom is 0.191 e. The zero-order valence-corrected chi connectivity index (χ0v) is 16.0. The molecule has 0 saturated heterocycles. The third-order valence-electron chi connectivity index (χ3n) is 4.63. The number of guanidine groups is 1. The number of hydrogen-bond donors (Lipinski definition) is 4. The van der Waals surface area contributed by atoms with Crippen molar-refractivity contribution in [3.63, 3.8) is 0 Å². The predicted molar refractivity (Wildman–Crippen MR) is 112 cm³/mol. The van der Waals surface area contributed by atoms with Crippen LogP contribution in [0.5, 0.6) is 5.75 Å². The fourth-order valence-electron chi connectivity index (χ4n) is 3.26. The van der Waals surface area contributed by atoms with Crippen molar-refractivity contribution >= 4 is 16.9 Å². The summed E-state index contributed by atoms with van der Waals surface area (Å²) in [6.45, 7) is 6.37. The molecule has 0 bridgehead atoms. The van der Waals surface area contributed by atoms with Gasteiger partial charge >= 0.3 is 0 Å². The normalized spacial score (nSPS) is 11.7. The molecule has 0 aliphatic rings. The van der Waals surface area contributed by atoms with Crippen LogP contribution in [0.2, 0.25) is 0 Å². The van der Waals surface area contributed by atoms with Crippen LogP contribution in [0.4, 0.5) is 0 Å². The van der Waals surface area contributed by atoms with Crippen molar-refractivity contribution in [3.05, 3.63) is 65.4 Å². The van der Waals surface area contributed by atoms with Gasteiger partial charge in [-0.3, -0.25) is 0 Å². The monoisotopic (exact) mass is 364 g/mol. The van der Waals surface area contributed by atoms with Crippen LogP contribution in [-0.2, 0) is 19.4 Å². The highest BCUT2D eigenvalue weighted by Crippen LogP contribution is 2.22. The Kier molecular flexibility index (Phi) is 6.36. The molecular weight excluding hydrogens is 336 g/mol. The molecule has 0 saturated carbocycles. The molecular formula is C22H28N4O. The van der Waals surface area contributed by atoms with Gasteiger partial charge in [0.2, 0.25) is 0 Å². The SMILES string of the molecule is CCNC(=NCc1cccc(O)c1)NCCc1c[nH]c2c(CC)cccc12. The lowest BCUT2D eigenvalue weighted by Gasteiger charge is -2.11. The summed E-state index contributed by atoms with van der Waals surface area (Å²) in [7, 11) is 0. The molecule has 0 aliphatic heterocycles. The second-order valence-electron chi connectivity index (χ2n) is 6.55. The van der Waals surface area contributed by atoms with Crippen molar-refractivity contribution in [1.82, 2.24) is 15.6 Å². The molecule has 5 heteroatoms. The van der Waals surface area contributed by atoms with E-state index in [0.717, 1.165) is 37.5 Å². The Labute approximate surface area is 160 Å². The van der Waals surface area contributed by atoms with E-state index < -0.39 is 0 Å². The molecule has 4 N–H and O–H groups in total. The largest absolute Gasteiger partial charge is 0.508 e. The zero-order chi connectivity index (χ0) is 19.1. The maximum atomic E-state index is 9.57. The number of nitrogens with zero attached hydrogens (tertiary/aromatic N) is 1. The molecule has 1 heterocycles. The molecule has 3 aromatic rings. The highest BCUT2D eigenvalue weighted by atomic mass is 16.3. The molecule has 0 radical (unpaired) electrons. The standard InChI is InChI=1S/C22H28N4O/c1-3-17-8-6-10-20-18(15-25-21(17)20)11-12-24-22(23-4-2)26-14-16-7-5-9-19(27)13-16/h5-10,13,15,25,27H,3-4,11-12,14H2,1-2H3,(H2,23,24,26). The second-order valence-corrected chi connectivity index (χ2v) is 6.55. The Morgan fingerprint density at radius 3 is 2.70 bits per heavy atom. The number of hydrogen-bond acceptors (Lipinski definition) is 2. The van der Waals surface area contributed by atoms with Gasteiger partial charge in [0.15, 0.2) is 5.96 Å². The molecule has 0 aliphatic carbocycles. The molecule has 0 fully saturated rings. The lowest BCUT2D eigenvalue weighted by Crippen LogP contribution is -2.38. The molecule has 3 rings (SSSR count). The van der Waals surface area contributed by atoms with Crippen LogP contribution in [0.3, 0.4) is 0 Å². The van der Waals surface area contributed by atoms with E-state index in [-0.39, 0.29) is 5.75 Å². The number of phenolic OH excluding ortho intramolecular Hbond substituents is 1. The summed E-state index contributed by atoms with van der Waals surface area (Å²) in [4.78, 5) is 8.03. The number of phenols is 1. The first kappa shape index (κ1) is 18.8. The molecule has 1 aromatic heterocycles. The number of aromatic amines is 1. The predicted octanol–water partition coefficient (Wildman–Crippen LogP) is 3.73. The first-order chi connectivity index (χ1) is 13.2. The number of rotatable bonds is 7. The van der Waals surface area contributed by atoms with E-state index in [0.29, 0.717) is 6.54 Å². The lowest BCUT2D eigenvalue weighted by atomic mass is 10.1. The van der Waals surface area contributed by atoms with Crippen molar-refractivity contribution in [2.45, 2.75) is 33.2 Å². The minimum atomic E-state index is 0.270. The number of para-hydroxylation sites is 1. The first-order valence-corrected chi connectivity index (χ1v) is 9.59. The van der Waals surface area contributed by atoms with Gasteiger partial charge < -0.3 is 20.7 Å². The number of nitrogens with one attached hydrogen (secondary N) is 3. The molecule has 0 spiro atoms. The van der Waals surface area contributed by atoms with Crippen molar-refractivity contribution in [3.8, 4) is 5.75 Å². The maximum absolute atomic E-state index is 9.57. The van der Waals surface area contributed by atoms with Gasteiger partial charge in [-0.2, -0.15) is 0 Å². The number of benzene rings is 2. The van der Waals surface area contributed by atoms with Crippen LogP contribution < -0.4 is 10.6 Å². The summed E-state index contributed by atoms with van der Waals surface area (Å²) in [6, 6.07) is 13.7. The number of fused-ring (bicyclic) bond motifs is 1. The van der Waals surface area contributed by atoms with Gasteiger partial charge in [0.25, 0.3) is 0 Å². The van der Waals surface area contributed by atoms with E-state index in [1.807, 2.05) is 12.1 Å². The summed E-state index contributed by atoms with van der Waals surface area (Å²) < 4.78 is 0. The Morgan fingerprint density at radius 2 is 1.93 bits per heavy atom. The van der Waals surface area contributed by atoms with Gasteiger partial charge in [0.1, 0.15) is 5.75 Å². The fraction of sp³-hybridized carbons (Fsp3) is 0.318. The van der Waals surface area contributed by atoms with Crippen LogP contribution in [0.1, 0.15) is 30.5 Å². The van der Waals surface area contributed by atoms with Crippen molar-refractivity contribution in [2.24, 2.45) is 4.99 Å². The Bertz CT molecular complexity index is 914. The van der Waals surface area contributed by atoms with Gasteiger partial charge in [-0.05, 0) is 48.6 Å². The number of aliphatic imine (C=N–C) groups is 1. The zero-order valence-electron chi connectivity index (χ0n) is 16.0. The molecule has 27 heavy (non-hydrogen) atoms. The van der Waals surface area contributed by atoms with E-state index in [1.165, 1.54) is 22.0 Å². The van der Waals surface area contributed by atoms with Gasteiger partial charge in [0.05, 0.1) is 6.54 Å². The summed E-state index contributed by atoms with van der Waals surface area (Å²) in [5, 5.41) is 17.5. The summed E-state index contributed by atoms with van der Waals surface area (Å²) in [6.07, 6.45) is 4.06. The average molecular weight is 364 g/mol. The summed E-state index contributed by atoms with van der Waals surface area (Å²) >= 11 is 0. The summed E-state index contributed by atoms with van der Waals surface area (Å²) in [5.41, 5.74) is 4.90. The van der Waals surface area contributed by atoms with E-state index >= 15 is 0 Å². The topological polar surface area (TPSA) is 72.4 Å². The van der Waals surface area contributed by atoms with E-state index in [1.54, 1.807) is 12.1 Å².